The van der Waals surface area contributed by atoms with Gasteiger partial charge in [0.2, 0.25) is 5.91 Å². The molecule has 0 aliphatic carbocycles. The van der Waals surface area contributed by atoms with Crippen molar-refractivity contribution >= 4 is 40.0 Å². The Morgan fingerprint density at radius 2 is 2.08 bits per heavy atom. The molecule has 1 N–H and O–H groups in total. The lowest BCUT2D eigenvalue weighted by molar-refractivity contribution is -0.113. The Labute approximate surface area is 161 Å². The van der Waals surface area contributed by atoms with Crippen molar-refractivity contribution in [1.29, 1.82) is 0 Å². The summed E-state index contributed by atoms with van der Waals surface area (Å²) in [5.74, 6) is 0.514. The monoisotopic (exact) mass is 396 g/mol. The van der Waals surface area contributed by atoms with Crippen molar-refractivity contribution < 1.29 is 14.3 Å². The SMILES string of the molecule is CCCn1c(CC)nnc1SCC(=O)Nc1sc(C)cc1C(=O)OCC. The summed E-state index contributed by atoms with van der Waals surface area (Å²) in [6.07, 6.45) is 1.78. The Morgan fingerprint density at radius 1 is 1.31 bits per heavy atom. The molecule has 26 heavy (non-hydrogen) atoms. The minimum absolute atomic E-state index is 0.188. The zero-order chi connectivity index (χ0) is 19.1. The Kier molecular flexibility index (Phi) is 7.65. The number of carbonyl (C=O) groups excluding carboxylic acids is 2. The van der Waals surface area contributed by atoms with Crippen LogP contribution < -0.4 is 5.32 Å². The molecule has 2 rings (SSSR count). The van der Waals surface area contributed by atoms with Gasteiger partial charge in [-0.05, 0) is 26.3 Å². The Bertz CT molecular complexity index is 770. The van der Waals surface area contributed by atoms with Crippen molar-refractivity contribution in [1.82, 2.24) is 14.8 Å². The predicted octanol–water partition coefficient (Wildman–Crippen LogP) is 3.53. The summed E-state index contributed by atoms with van der Waals surface area (Å²) in [6.45, 7) is 8.89. The van der Waals surface area contributed by atoms with Crippen molar-refractivity contribution in [2.75, 3.05) is 17.7 Å². The molecule has 0 bridgehead atoms. The van der Waals surface area contributed by atoms with E-state index < -0.39 is 5.97 Å². The zero-order valence-electron chi connectivity index (χ0n) is 15.5. The van der Waals surface area contributed by atoms with Crippen LogP contribution in [0.3, 0.4) is 0 Å². The molecule has 7 nitrogen and oxygen atoms in total. The molecule has 0 aromatic carbocycles. The van der Waals surface area contributed by atoms with Gasteiger partial charge in [0.1, 0.15) is 10.8 Å². The van der Waals surface area contributed by atoms with Crippen LogP contribution in [0.2, 0.25) is 0 Å². The van der Waals surface area contributed by atoms with Crippen LogP contribution in [-0.2, 0) is 22.5 Å². The molecule has 9 heteroatoms. The molecule has 2 aromatic rings. The van der Waals surface area contributed by atoms with E-state index in [1.54, 1.807) is 13.0 Å². The van der Waals surface area contributed by atoms with Gasteiger partial charge in [0.15, 0.2) is 5.16 Å². The minimum Gasteiger partial charge on any atom is -0.462 e. The zero-order valence-corrected chi connectivity index (χ0v) is 17.1. The Morgan fingerprint density at radius 3 is 2.73 bits per heavy atom. The second kappa shape index (κ2) is 9.72. The summed E-state index contributed by atoms with van der Waals surface area (Å²) in [6, 6.07) is 1.73. The maximum absolute atomic E-state index is 12.3. The van der Waals surface area contributed by atoms with Crippen LogP contribution in [0.4, 0.5) is 5.00 Å². The summed E-state index contributed by atoms with van der Waals surface area (Å²) in [5, 5.41) is 12.4. The van der Waals surface area contributed by atoms with Gasteiger partial charge >= 0.3 is 5.97 Å². The maximum Gasteiger partial charge on any atom is 0.341 e. The highest BCUT2D eigenvalue weighted by atomic mass is 32.2. The van der Waals surface area contributed by atoms with Crippen molar-refractivity contribution in [2.24, 2.45) is 0 Å². The summed E-state index contributed by atoms with van der Waals surface area (Å²) in [5.41, 5.74) is 0.398. The molecule has 0 spiro atoms. The summed E-state index contributed by atoms with van der Waals surface area (Å²) >= 11 is 2.71. The fourth-order valence-corrected chi connectivity index (χ4v) is 4.10. The third-order valence-electron chi connectivity index (χ3n) is 3.49. The second-order valence-electron chi connectivity index (χ2n) is 5.56. The first kappa shape index (κ1) is 20.4. The van der Waals surface area contributed by atoms with Crippen LogP contribution in [-0.4, -0.2) is 39.0 Å². The Balaban J connectivity index is 2.02. The number of esters is 1. The van der Waals surface area contributed by atoms with Gasteiger partial charge in [0, 0.05) is 17.8 Å². The molecule has 0 atom stereocenters. The smallest absolute Gasteiger partial charge is 0.341 e. The number of nitrogens with zero attached hydrogens (tertiary/aromatic N) is 3. The van der Waals surface area contributed by atoms with E-state index >= 15 is 0 Å². The quantitative estimate of drug-likeness (QED) is 0.515. The molecule has 0 aliphatic rings. The van der Waals surface area contributed by atoms with Gasteiger partial charge in [-0.15, -0.1) is 21.5 Å². The van der Waals surface area contributed by atoms with E-state index in [1.807, 2.05) is 13.8 Å². The number of carbonyl (C=O) groups is 2. The molecule has 2 heterocycles. The lowest BCUT2D eigenvalue weighted by Crippen LogP contribution is -2.16. The van der Waals surface area contributed by atoms with Gasteiger partial charge in [-0.1, -0.05) is 25.6 Å². The highest BCUT2D eigenvalue weighted by Gasteiger charge is 2.19. The number of aromatic nitrogens is 3. The summed E-state index contributed by atoms with van der Waals surface area (Å²) in [7, 11) is 0. The molecule has 142 valence electrons. The van der Waals surface area contributed by atoms with Gasteiger partial charge in [-0.2, -0.15) is 0 Å². The van der Waals surface area contributed by atoms with Gasteiger partial charge < -0.3 is 14.6 Å². The number of amides is 1. The first-order valence-electron chi connectivity index (χ1n) is 8.62. The third kappa shape index (κ3) is 5.07. The van der Waals surface area contributed by atoms with Crippen LogP contribution in [0.1, 0.15) is 48.3 Å². The summed E-state index contributed by atoms with van der Waals surface area (Å²) in [4.78, 5) is 25.3. The number of nitrogens with one attached hydrogen (secondary N) is 1. The number of ether oxygens (including phenoxy) is 1. The molecular formula is C17H24N4O3S2. The first-order chi connectivity index (χ1) is 12.5. The van der Waals surface area contributed by atoms with E-state index in [0.717, 1.165) is 35.2 Å². The lowest BCUT2D eigenvalue weighted by Gasteiger charge is -2.08. The van der Waals surface area contributed by atoms with Gasteiger partial charge in [-0.25, -0.2) is 4.79 Å². The number of hydrogen-bond acceptors (Lipinski definition) is 7. The lowest BCUT2D eigenvalue weighted by atomic mass is 10.3. The number of anilines is 1. The van der Waals surface area contributed by atoms with Crippen LogP contribution in [0.15, 0.2) is 11.2 Å². The molecule has 0 saturated carbocycles. The molecular weight excluding hydrogens is 372 g/mol. The topological polar surface area (TPSA) is 86.1 Å². The Hall–Kier alpha value is -1.87. The highest BCUT2D eigenvalue weighted by molar-refractivity contribution is 7.99. The standard InChI is InChI=1S/C17H24N4O3S2/c1-5-8-21-13(6-2)19-20-17(21)25-10-14(22)18-15-12(9-11(4)26-15)16(23)24-7-3/h9H,5-8,10H2,1-4H3,(H,18,22). The number of hydrogen-bond donors (Lipinski definition) is 1. The van der Waals surface area contributed by atoms with Crippen molar-refractivity contribution in [2.45, 2.75) is 52.2 Å². The predicted molar refractivity (Wildman–Crippen MR) is 104 cm³/mol. The molecule has 0 radical (unpaired) electrons. The normalized spacial score (nSPS) is 10.8. The van der Waals surface area contributed by atoms with Crippen molar-refractivity contribution in [3.63, 3.8) is 0 Å². The average molecular weight is 397 g/mol. The maximum atomic E-state index is 12.3. The molecule has 0 fully saturated rings. The molecule has 0 unspecified atom stereocenters. The largest absolute Gasteiger partial charge is 0.462 e. The fraction of sp³-hybridized carbons (Fsp3) is 0.529. The highest BCUT2D eigenvalue weighted by Crippen LogP contribution is 2.29. The van der Waals surface area contributed by atoms with Crippen LogP contribution in [0.5, 0.6) is 0 Å². The van der Waals surface area contributed by atoms with Crippen LogP contribution in [0.25, 0.3) is 0 Å². The van der Waals surface area contributed by atoms with Crippen LogP contribution in [0, 0.1) is 6.92 Å². The van der Waals surface area contributed by atoms with Gasteiger partial charge in [0.25, 0.3) is 0 Å². The van der Waals surface area contributed by atoms with E-state index in [9.17, 15) is 9.59 Å². The van der Waals surface area contributed by atoms with Gasteiger partial charge in [-0.3, -0.25) is 4.79 Å². The summed E-state index contributed by atoms with van der Waals surface area (Å²) < 4.78 is 7.09. The van der Waals surface area contributed by atoms with Crippen molar-refractivity contribution in [3.05, 3.63) is 22.3 Å². The number of thiophene rings is 1. The molecule has 0 saturated heterocycles. The van der Waals surface area contributed by atoms with E-state index in [-0.39, 0.29) is 11.7 Å². The average Bonchev–Trinajstić information content (AvgIpc) is 3.16. The minimum atomic E-state index is -0.421. The van der Waals surface area contributed by atoms with Crippen molar-refractivity contribution in [3.8, 4) is 0 Å². The second-order valence-corrected chi connectivity index (χ2v) is 7.76. The fourth-order valence-electron chi connectivity index (χ4n) is 2.40. The number of rotatable bonds is 9. The molecule has 0 aliphatic heterocycles. The molecule has 2 aromatic heterocycles. The van der Waals surface area contributed by atoms with E-state index in [2.05, 4.69) is 27.0 Å². The number of aryl methyl sites for hydroxylation is 2. The molecule has 1 amide bonds. The van der Waals surface area contributed by atoms with Crippen LogP contribution >= 0.6 is 23.1 Å². The van der Waals surface area contributed by atoms with Gasteiger partial charge in [0.05, 0.1) is 17.9 Å². The number of thioether (sulfide) groups is 1. The first-order valence-corrected chi connectivity index (χ1v) is 10.4. The van der Waals surface area contributed by atoms with E-state index in [4.69, 9.17) is 4.74 Å². The van der Waals surface area contributed by atoms with E-state index in [1.165, 1.54) is 23.1 Å². The van der Waals surface area contributed by atoms with E-state index in [0.29, 0.717) is 17.2 Å². The third-order valence-corrected chi connectivity index (χ3v) is 5.43.